The number of nitrogens with one attached hydrogen (secondary N) is 1. The second kappa shape index (κ2) is 5.86. The van der Waals surface area contributed by atoms with Gasteiger partial charge in [0.25, 0.3) is 0 Å². The van der Waals surface area contributed by atoms with Gasteiger partial charge < -0.3 is 14.9 Å². The Morgan fingerprint density at radius 2 is 2.12 bits per heavy atom. The Morgan fingerprint density at radius 1 is 1.33 bits per heavy atom. The van der Waals surface area contributed by atoms with Gasteiger partial charge in [-0.1, -0.05) is 23.4 Å². The molecule has 24 heavy (non-hydrogen) atoms. The van der Waals surface area contributed by atoms with Crippen molar-refractivity contribution in [1.29, 1.82) is 0 Å². The number of allylic oxidation sites excluding steroid dienone is 2. The Morgan fingerprint density at radius 3 is 2.83 bits per heavy atom. The van der Waals surface area contributed by atoms with Crippen LogP contribution in [0.2, 0.25) is 0 Å². The molecule has 2 aromatic rings. The van der Waals surface area contributed by atoms with Crippen LogP contribution in [-0.4, -0.2) is 27.1 Å². The average Bonchev–Trinajstić information content (AvgIpc) is 3.35. The second-order valence-electron chi connectivity index (χ2n) is 6.04. The summed E-state index contributed by atoms with van der Waals surface area (Å²) in [7, 11) is 0. The Balaban J connectivity index is 1.42. The summed E-state index contributed by atoms with van der Waals surface area (Å²) in [5.41, 5.74) is 0. The molecule has 4 rings (SSSR count). The fourth-order valence-electron chi connectivity index (χ4n) is 3.63. The number of nitrogens with zero attached hydrogens (tertiary/aromatic N) is 2. The molecular weight excluding hydrogens is 330 g/mol. The highest BCUT2D eigenvalue weighted by atomic mass is 32.1. The molecule has 2 aliphatic rings. The number of hydrogen-bond donors (Lipinski definition) is 2. The monoisotopic (exact) mass is 345 g/mol. The van der Waals surface area contributed by atoms with Crippen LogP contribution in [0.25, 0.3) is 10.7 Å². The SMILES string of the molecule is O=C(NCc1nc(-c2cccs2)no1)[C@@H]1[C@H](C(=O)O)[C@H]2C=C[C@H]1C2. The molecule has 8 heteroatoms. The van der Waals surface area contributed by atoms with Crippen LogP contribution in [0.4, 0.5) is 0 Å². The van der Waals surface area contributed by atoms with Gasteiger partial charge in [-0.2, -0.15) is 4.98 Å². The van der Waals surface area contributed by atoms with Crippen molar-refractivity contribution in [3.05, 3.63) is 35.6 Å². The lowest BCUT2D eigenvalue weighted by molar-refractivity contribution is -0.147. The maximum atomic E-state index is 12.5. The lowest BCUT2D eigenvalue weighted by Gasteiger charge is -2.23. The van der Waals surface area contributed by atoms with Crippen molar-refractivity contribution < 1.29 is 19.2 Å². The summed E-state index contributed by atoms with van der Waals surface area (Å²) in [6, 6.07) is 3.78. The highest BCUT2D eigenvalue weighted by molar-refractivity contribution is 7.13. The lowest BCUT2D eigenvalue weighted by Crippen LogP contribution is -2.39. The number of carbonyl (C=O) groups is 2. The van der Waals surface area contributed by atoms with E-state index in [0.717, 1.165) is 11.3 Å². The summed E-state index contributed by atoms with van der Waals surface area (Å²) in [5, 5.41) is 17.9. The topological polar surface area (TPSA) is 105 Å². The molecule has 0 aliphatic heterocycles. The van der Waals surface area contributed by atoms with Crippen LogP contribution >= 0.6 is 11.3 Å². The quantitative estimate of drug-likeness (QED) is 0.802. The molecule has 7 nitrogen and oxygen atoms in total. The maximum absolute atomic E-state index is 12.5. The van der Waals surface area contributed by atoms with Crippen molar-refractivity contribution in [3.8, 4) is 10.7 Å². The molecule has 2 N–H and O–H groups in total. The predicted octanol–water partition coefficient (Wildman–Crippen LogP) is 1.94. The van der Waals surface area contributed by atoms with E-state index in [1.165, 1.54) is 11.3 Å². The van der Waals surface area contributed by atoms with Crippen molar-refractivity contribution in [2.75, 3.05) is 0 Å². The zero-order valence-corrected chi connectivity index (χ0v) is 13.4. The van der Waals surface area contributed by atoms with Crippen molar-refractivity contribution in [3.63, 3.8) is 0 Å². The van der Waals surface area contributed by atoms with Crippen LogP contribution in [0.1, 0.15) is 12.3 Å². The van der Waals surface area contributed by atoms with Gasteiger partial charge in [-0.3, -0.25) is 9.59 Å². The van der Waals surface area contributed by atoms with E-state index in [1.54, 1.807) is 0 Å². The molecule has 4 atom stereocenters. The second-order valence-corrected chi connectivity index (χ2v) is 6.99. The fourth-order valence-corrected chi connectivity index (χ4v) is 4.28. The van der Waals surface area contributed by atoms with Gasteiger partial charge >= 0.3 is 5.97 Å². The van der Waals surface area contributed by atoms with Gasteiger partial charge in [0.2, 0.25) is 17.6 Å². The highest BCUT2D eigenvalue weighted by Crippen LogP contribution is 2.48. The maximum Gasteiger partial charge on any atom is 0.307 e. The first-order valence-electron chi connectivity index (χ1n) is 7.69. The van der Waals surface area contributed by atoms with Crippen LogP contribution in [0.3, 0.4) is 0 Å². The molecule has 0 unspecified atom stereocenters. The van der Waals surface area contributed by atoms with E-state index in [1.807, 2.05) is 29.7 Å². The van der Waals surface area contributed by atoms with E-state index in [-0.39, 0.29) is 24.3 Å². The molecule has 0 saturated heterocycles. The third-order valence-corrected chi connectivity index (χ3v) is 5.54. The first-order chi connectivity index (χ1) is 11.6. The van der Waals surface area contributed by atoms with Crippen LogP contribution < -0.4 is 5.32 Å². The number of carbonyl (C=O) groups excluding carboxylic acids is 1. The van der Waals surface area contributed by atoms with E-state index >= 15 is 0 Å². The number of fused-ring (bicyclic) bond motifs is 2. The number of aliphatic carboxylic acids is 1. The zero-order valence-electron chi connectivity index (χ0n) is 12.6. The van der Waals surface area contributed by atoms with E-state index < -0.39 is 17.8 Å². The third kappa shape index (κ3) is 2.52. The molecular formula is C16H15N3O4S. The summed E-state index contributed by atoms with van der Waals surface area (Å²) in [6.45, 7) is 0.0984. The zero-order chi connectivity index (χ0) is 16.7. The van der Waals surface area contributed by atoms with E-state index in [4.69, 9.17) is 4.52 Å². The van der Waals surface area contributed by atoms with E-state index in [0.29, 0.717) is 11.7 Å². The molecule has 1 saturated carbocycles. The molecule has 0 aromatic carbocycles. The van der Waals surface area contributed by atoms with Crippen LogP contribution in [0.15, 0.2) is 34.2 Å². The third-order valence-electron chi connectivity index (χ3n) is 4.67. The molecule has 1 amide bonds. The largest absolute Gasteiger partial charge is 0.481 e. The lowest BCUT2D eigenvalue weighted by atomic mass is 9.82. The number of hydrogen-bond acceptors (Lipinski definition) is 6. The van der Waals surface area contributed by atoms with Gasteiger partial charge in [-0.05, 0) is 29.7 Å². The van der Waals surface area contributed by atoms with E-state index in [9.17, 15) is 14.7 Å². The number of carboxylic acids is 1. The molecule has 1 fully saturated rings. The number of amides is 1. The van der Waals surface area contributed by atoms with E-state index in [2.05, 4.69) is 15.5 Å². The Hall–Kier alpha value is -2.48. The highest BCUT2D eigenvalue weighted by Gasteiger charge is 2.51. The minimum atomic E-state index is -0.912. The summed E-state index contributed by atoms with van der Waals surface area (Å²) >= 11 is 1.50. The van der Waals surface area contributed by atoms with Gasteiger partial charge in [0.1, 0.15) is 0 Å². The number of thiophene rings is 1. The molecule has 2 heterocycles. The molecule has 0 radical (unpaired) electrons. The van der Waals surface area contributed by atoms with Crippen molar-refractivity contribution >= 4 is 23.2 Å². The number of rotatable bonds is 5. The average molecular weight is 345 g/mol. The Kier molecular flexibility index (Phi) is 3.68. The normalized spacial score (nSPS) is 27.5. The molecule has 2 aromatic heterocycles. The summed E-state index contributed by atoms with van der Waals surface area (Å²) in [6.07, 6.45) is 4.60. The molecule has 0 spiro atoms. The molecule has 124 valence electrons. The first kappa shape index (κ1) is 15.1. The van der Waals surface area contributed by atoms with Gasteiger partial charge in [0.15, 0.2) is 0 Å². The minimum Gasteiger partial charge on any atom is -0.481 e. The standard InChI is InChI=1S/C16H15N3O4S/c20-15(12-8-3-4-9(6-8)13(12)16(21)22)17-7-11-18-14(19-23-11)10-2-1-5-24-10/h1-5,8-9,12-13H,6-7H2,(H,17,20)(H,21,22)/t8-,9-,12-,13+/m0/s1. The Labute approximate surface area is 141 Å². The van der Waals surface area contributed by atoms with Gasteiger partial charge in [0.05, 0.1) is 23.3 Å². The minimum absolute atomic E-state index is 0.000430. The van der Waals surface area contributed by atoms with Gasteiger partial charge in [0, 0.05) is 0 Å². The summed E-state index contributed by atoms with van der Waals surface area (Å²) in [4.78, 5) is 29.1. The molecule has 2 bridgehead atoms. The van der Waals surface area contributed by atoms with Crippen molar-refractivity contribution in [2.45, 2.75) is 13.0 Å². The molecule has 2 aliphatic carbocycles. The predicted molar refractivity (Wildman–Crippen MR) is 84.8 cm³/mol. The smallest absolute Gasteiger partial charge is 0.307 e. The van der Waals surface area contributed by atoms with Gasteiger partial charge in [-0.25, -0.2) is 0 Å². The van der Waals surface area contributed by atoms with Crippen LogP contribution in [0, 0.1) is 23.7 Å². The summed E-state index contributed by atoms with van der Waals surface area (Å²) < 4.78 is 5.14. The van der Waals surface area contributed by atoms with Crippen molar-refractivity contribution in [2.24, 2.45) is 23.7 Å². The fraction of sp³-hybridized carbons (Fsp3) is 0.375. The number of carboxylic acid groups (broad SMARTS) is 1. The number of aromatic nitrogens is 2. The van der Waals surface area contributed by atoms with Gasteiger partial charge in [-0.15, -0.1) is 11.3 Å². The van der Waals surface area contributed by atoms with Crippen LogP contribution in [-0.2, 0) is 16.1 Å². The summed E-state index contributed by atoms with van der Waals surface area (Å²) in [5.74, 6) is -1.61. The van der Waals surface area contributed by atoms with Crippen LogP contribution in [0.5, 0.6) is 0 Å². The van der Waals surface area contributed by atoms with Crippen molar-refractivity contribution in [1.82, 2.24) is 15.5 Å². The first-order valence-corrected chi connectivity index (χ1v) is 8.57. The Bertz CT molecular complexity index is 798.